The molecule has 2 N–H and O–H groups in total. The van der Waals surface area contributed by atoms with Gasteiger partial charge in [0.25, 0.3) is 5.91 Å². The Morgan fingerprint density at radius 1 is 1.03 bits per heavy atom. The Hall–Kier alpha value is -3.19. The first-order valence-electron chi connectivity index (χ1n) is 9.53. The van der Waals surface area contributed by atoms with Crippen LogP contribution in [0.4, 0.5) is 0 Å². The van der Waals surface area contributed by atoms with Gasteiger partial charge >= 0.3 is 5.91 Å². The monoisotopic (exact) mass is 424 g/mol. The van der Waals surface area contributed by atoms with Crippen LogP contribution in [0.2, 0.25) is 0 Å². The molecule has 0 aliphatic carbocycles. The topological polar surface area (TPSA) is 80.6 Å². The standard InChI is InChI=1S/C23H24N2O4S/c1-15-8-7-11-20(16(15)2)29-17(3)22(26)24-25-23(27)21-18(12-13-28-21)14-30-19-9-5-4-6-10-19/h4-13,17H,14H2,1-3H3,(H,24,26)(H,25,27). The highest BCUT2D eigenvalue weighted by molar-refractivity contribution is 7.98. The van der Waals surface area contributed by atoms with Gasteiger partial charge in [-0.1, -0.05) is 30.3 Å². The number of ether oxygens (including phenoxy) is 1. The van der Waals surface area contributed by atoms with Crippen molar-refractivity contribution in [2.75, 3.05) is 0 Å². The molecule has 1 atom stereocenters. The largest absolute Gasteiger partial charge is 0.481 e. The lowest BCUT2D eigenvalue weighted by Crippen LogP contribution is -2.47. The molecule has 0 saturated carbocycles. The molecule has 7 heteroatoms. The second-order valence-electron chi connectivity index (χ2n) is 6.78. The maximum Gasteiger partial charge on any atom is 0.305 e. The fourth-order valence-electron chi connectivity index (χ4n) is 2.70. The van der Waals surface area contributed by atoms with E-state index in [1.165, 1.54) is 6.26 Å². The number of carbonyl (C=O) groups is 2. The van der Waals surface area contributed by atoms with Crippen molar-refractivity contribution in [2.45, 2.75) is 37.5 Å². The number of hydrogen-bond acceptors (Lipinski definition) is 5. The minimum absolute atomic E-state index is 0.168. The van der Waals surface area contributed by atoms with Crippen molar-refractivity contribution in [3.8, 4) is 5.75 Å². The second kappa shape index (κ2) is 10.0. The van der Waals surface area contributed by atoms with Gasteiger partial charge in [-0.15, -0.1) is 11.8 Å². The van der Waals surface area contributed by atoms with Crippen LogP contribution in [0.3, 0.4) is 0 Å². The lowest BCUT2D eigenvalue weighted by Gasteiger charge is -2.17. The Balaban J connectivity index is 1.53. The minimum Gasteiger partial charge on any atom is -0.481 e. The van der Waals surface area contributed by atoms with E-state index in [2.05, 4.69) is 10.9 Å². The molecule has 0 radical (unpaired) electrons. The average molecular weight is 425 g/mol. The van der Waals surface area contributed by atoms with E-state index in [1.54, 1.807) is 24.8 Å². The van der Waals surface area contributed by atoms with Gasteiger partial charge in [-0.25, -0.2) is 0 Å². The van der Waals surface area contributed by atoms with E-state index < -0.39 is 17.9 Å². The summed E-state index contributed by atoms with van der Waals surface area (Å²) in [6.45, 7) is 5.53. The predicted octanol–water partition coefficient (Wildman–Crippen LogP) is 4.42. The number of benzene rings is 2. The molecule has 1 heterocycles. The quantitative estimate of drug-likeness (QED) is 0.434. The lowest BCUT2D eigenvalue weighted by molar-refractivity contribution is -0.128. The van der Waals surface area contributed by atoms with E-state index in [4.69, 9.17) is 9.15 Å². The van der Waals surface area contributed by atoms with Crippen molar-refractivity contribution in [3.63, 3.8) is 0 Å². The van der Waals surface area contributed by atoms with Crippen LogP contribution in [0.5, 0.6) is 5.75 Å². The summed E-state index contributed by atoms with van der Waals surface area (Å²) in [4.78, 5) is 25.9. The first-order chi connectivity index (χ1) is 14.5. The van der Waals surface area contributed by atoms with Crippen LogP contribution in [0, 0.1) is 13.8 Å². The van der Waals surface area contributed by atoms with Crippen molar-refractivity contribution in [1.29, 1.82) is 0 Å². The number of hydrazine groups is 1. The molecule has 6 nitrogen and oxygen atoms in total. The van der Waals surface area contributed by atoms with Gasteiger partial charge in [0.05, 0.1) is 6.26 Å². The summed E-state index contributed by atoms with van der Waals surface area (Å²) in [6, 6.07) is 17.3. The molecule has 0 bridgehead atoms. The van der Waals surface area contributed by atoms with Crippen molar-refractivity contribution >= 4 is 23.6 Å². The van der Waals surface area contributed by atoms with E-state index in [9.17, 15) is 9.59 Å². The Morgan fingerprint density at radius 3 is 2.57 bits per heavy atom. The van der Waals surface area contributed by atoms with Crippen LogP contribution in [-0.4, -0.2) is 17.9 Å². The molecule has 3 rings (SSSR count). The fraction of sp³-hybridized carbons (Fsp3) is 0.217. The number of furan rings is 1. The van der Waals surface area contributed by atoms with Crippen LogP contribution in [0.15, 0.2) is 70.2 Å². The van der Waals surface area contributed by atoms with Crippen LogP contribution in [0.1, 0.15) is 34.2 Å². The zero-order chi connectivity index (χ0) is 21.5. The van der Waals surface area contributed by atoms with Crippen molar-refractivity contribution in [1.82, 2.24) is 10.9 Å². The molecule has 0 saturated heterocycles. The number of hydrogen-bond donors (Lipinski definition) is 2. The first-order valence-corrected chi connectivity index (χ1v) is 10.5. The zero-order valence-corrected chi connectivity index (χ0v) is 17.9. The molecule has 2 amide bonds. The molecule has 0 aliphatic rings. The van der Waals surface area contributed by atoms with Crippen molar-refractivity contribution in [2.24, 2.45) is 0 Å². The minimum atomic E-state index is -0.782. The molecule has 1 unspecified atom stereocenters. The smallest absolute Gasteiger partial charge is 0.305 e. The average Bonchev–Trinajstić information content (AvgIpc) is 3.23. The molecule has 0 fully saturated rings. The van der Waals surface area contributed by atoms with Crippen molar-refractivity contribution in [3.05, 3.63) is 83.3 Å². The van der Waals surface area contributed by atoms with Gasteiger partial charge in [0.15, 0.2) is 11.9 Å². The fourth-order valence-corrected chi connectivity index (χ4v) is 3.60. The molecule has 2 aromatic carbocycles. The molecule has 0 aliphatic heterocycles. The van der Waals surface area contributed by atoms with E-state index in [0.29, 0.717) is 11.5 Å². The Bertz CT molecular complexity index is 1020. The van der Waals surface area contributed by atoms with Gasteiger partial charge in [0.2, 0.25) is 0 Å². The number of aryl methyl sites for hydroxylation is 1. The van der Waals surface area contributed by atoms with Crippen LogP contribution < -0.4 is 15.6 Å². The normalized spacial score (nSPS) is 11.6. The third kappa shape index (κ3) is 5.45. The molecular weight excluding hydrogens is 400 g/mol. The van der Waals surface area contributed by atoms with Gasteiger partial charge in [0.1, 0.15) is 5.75 Å². The summed E-state index contributed by atoms with van der Waals surface area (Å²) in [5, 5.41) is 0. The van der Waals surface area contributed by atoms with Crippen LogP contribution >= 0.6 is 11.8 Å². The Kier molecular flexibility index (Phi) is 7.19. The molecular formula is C23H24N2O4S. The Labute approximate surface area is 180 Å². The van der Waals surface area contributed by atoms with E-state index in [1.807, 2.05) is 62.4 Å². The third-order valence-corrected chi connectivity index (χ3v) is 5.68. The molecule has 30 heavy (non-hydrogen) atoms. The Morgan fingerprint density at radius 2 is 1.80 bits per heavy atom. The number of thioether (sulfide) groups is 1. The summed E-state index contributed by atoms with van der Waals surface area (Å²) < 4.78 is 11.1. The number of nitrogens with one attached hydrogen (secondary N) is 2. The van der Waals surface area contributed by atoms with Crippen LogP contribution in [-0.2, 0) is 10.5 Å². The summed E-state index contributed by atoms with van der Waals surface area (Å²) in [6.07, 6.45) is 0.680. The highest BCUT2D eigenvalue weighted by Gasteiger charge is 2.20. The van der Waals surface area contributed by atoms with Crippen LogP contribution in [0.25, 0.3) is 0 Å². The highest BCUT2D eigenvalue weighted by Crippen LogP contribution is 2.25. The summed E-state index contributed by atoms with van der Waals surface area (Å²) in [5.41, 5.74) is 7.58. The van der Waals surface area contributed by atoms with E-state index >= 15 is 0 Å². The van der Waals surface area contributed by atoms with Gasteiger partial charge in [-0.05, 0) is 56.2 Å². The third-order valence-electron chi connectivity index (χ3n) is 4.62. The van der Waals surface area contributed by atoms with Gasteiger partial charge < -0.3 is 9.15 Å². The number of carbonyl (C=O) groups excluding carboxylic acids is 2. The van der Waals surface area contributed by atoms with E-state index in [-0.39, 0.29) is 5.76 Å². The molecule has 156 valence electrons. The summed E-state index contributed by atoms with van der Waals surface area (Å²) in [5.74, 6) is 0.396. The van der Waals surface area contributed by atoms with E-state index in [0.717, 1.165) is 21.6 Å². The van der Waals surface area contributed by atoms with Gasteiger partial charge in [-0.3, -0.25) is 20.4 Å². The maximum absolute atomic E-state index is 12.5. The SMILES string of the molecule is Cc1cccc(OC(C)C(=O)NNC(=O)c2occc2CSc2ccccc2)c1C. The predicted molar refractivity (Wildman–Crippen MR) is 116 cm³/mol. The zero-order valence-electron chi connectivity index (χ0n) is 17.1. The number of rotatable bonds is 7. The van der Waals surface area contributed by atoms with Gasteiger partial charge in [0, 0.05) is 16.2 Å². The molecule has 1 aromatic heterocycles. The maximum atomic E-state index is 12.5. The molecule has 3 aromatic rings. The first kappa shape index (κ1) is 21.5. The highest BCUT2D eigenvalue weighted by atomic mass is 32.2. The van der Waals surface area contributed by atoms with Gasteiger partial charge in [-0.2, -0.15) is 0 Å². The summed E-state index contributed by atoms with van der Waals surface area (Å²) in [7, 11) is 0. The number of amides is 2. The summed E-state index contributed by atoms with van der Waals surface area (Å²) >= 11 is 1.60. The molecule has 0 spiro atoms. The second-order valence-corrected chi connectivity index (χ2v) is 7.83. The van der Waals surface area contributed by atoms with Crippen molar-refractivity contribution < 1.29 is 18.7 Å². The lowest BCUT2D eigenvalue weighted by atomic mass is 10.1.